The molecule has 0 spiro atoms. The third kappa shape index (κ3) is 5.14. The number of aromatic nitrogens is 2. The molecule has 1 atom stereocenters. The Kier molecular flexibility index (Phi) is 6.72. The maximum Gasteiger partial charge on any atom is 0.237 e. The average Bonchev–Trinajstić information content (AvgIpc) is 3.15. The summed E-state index contributed by atoms with van der Waals surface area (Å²) in [5, 5.41) is 14.7. The molecule has 1 aromatic heterocycles. The summed E-state index contributed by atoms with van der Waals surface area (Å²) in [6.07, 6.45) is 0. The molecular formula is C19H20N4O3S2. The molecule has 28 heavy (non-hydrogen) atoms. The van der Waals surface area contributed by atoms with Crippen LogP contribution in [0.25, 0.3) is 0 Å². The van der Waals surface area contributed by atoms with Gasteiger partial charge < -0.3 is 20.1 Å². The number of hydrogen-bond acceptors (Lipinski definition) is 8. The van der Waals surface area contributed by atoms with Gasteiger partial charge in [-0.15, -0.1) is 10.2 Å². The molecule has 0 saturated carbocycles. The van der Waals surface area contributed by atoms with Crippen molar-refractivity contribution in [1.82, 2.24) is 10.2 Å². The third-order valence-corrected chi connectivity index (χ3v) is 5.78. The van der Waals surface area contributed by atoms with Crippen molar-refractivity contribution in [2.75, 3.05) is 24.9 Å². The van der Waals surface area contributed by atoms with Gasteiger partial charge in [-0.1, -0.05) is 35.2 Å². The van der Waals surface area contributed by atoms with E-state index in [-0.39, 0.29) is 11.2 Å². The smallest absolute Gasteiger partial charge is 0.237 e. The number of ether oxygens (including phenoxy) is 2. The lowest BCUT2D eigenvalue weighted by Crippen LogP contribution is -2.22. The van der Waals surface area contributed by atoms with Gasteiger partial charge in [0.05, 0.1) is 25.2 Å². The predicted octanol–water partition coefficient (Wildman–Crippen LogP) is 4.42. The van der Waals surface area contributed by atoms with Gasteiger partial charge in [-0.2, -0.15) is 0 Å². The maximum atomic E-state index is 12.5. The van der Waals surface area contributed by atoms with Crippen molar-refractivity contribution in [3.63, 3.8) is 0 Å². The van der Waals surface area contributed by atoms with Gasteiger partial charge in [0.25, 0.3) is 0 Å². The van der Waals surface area contributed by atoms with Crippen LogP contribution in [0.4, 0.5) is 16.5 Å². The first-order valence-corrected chi connectivity index (χ1v) is 10.1. The van der Waals surface area contributed by atoms with Gasteiger partial charge in [0, 0.05) is 5.69 Å². The summed E-state index contributed by atoms with van der Waals surface area (Å²) in [5.74, 6) is 1.28. The normalized spacial score (nSPS) is 11.5. The van der Waals surface area contributed by atoms with Gasteiger partial charge in [0.2, 0.25) is 11.0 Å². The van der Waals surface area contributed by atoms with Crippen LogP contribution in [0.15, 0.2) is 52.9 Å². The Hall–Kier alpha value is -2.78. The summed E-state index contributed by atoms with van der Waals surface area (Å²) >= 11 is 2.74. The second kappa shape index (κ2) is 9.43. The Morgan fingerprint density at radius 1 is 1.07 bits per heavy atom. The second-order valence-corrected chi connectivity index (χ2v) is 8.24. The van der Waals surface area contributed by atoms with Crippen molar-refractivity contribution in [3.8, 4) is 11.5 Å². The van der Waals surface area contributed by atoms with E-state index >= 15 is 0 Å². The molecular weight excluding hydrogens is 396 g/mol. The van der Waals surface area contributed by atoms with E-state index in [2.05, 4.69) is 20.8 Å². The Labute approximate surface area is 171 Å². The largest absolute Gasteiger partial charge is 0.497 e. The summed E-state index contributed by atoms with van der Waals surface area (Å²) in [6, 6.07) is 14.8. The standard InChI is InChI=1S/C19H20N4O3S2/c1-12(17(24)21-15-6-4-5-7-16(15)26-3)27-19-23-22-18(28-19)20-13-8-10-14(25-2)11-9-13/h4-12H,1-3H3,(H,20,22)(H,21,24)/t12-/m1/s1. The van der Waals surface area contributed by atoms with Gasteiger partial charge in [-0.05, 0) is 43.3 Å². The van der Waals surface area contributed by atoms with Gasteiger partial charge in [0.15, 0.2) is 4.34 Å². The number of nitrogens with one attached hydrogen (secondary N) is 2. The summed E-state index contributed by atoms with van der Waals surface area (Å²) in [5.41, 5.74) is 1.53. The zero-order valence-corrected chi connectivity index (χ0v) is 17.3. The lowest BCUT2D eigenvalue weighted by Gasteiger charge is -2.12. The maximum absolute atomic E-state index is 12.5. The highest BCUT2D eigenvalue weighted by molar-refractivity contribution is 8.02. The molecule has 0 aliphatic heterocycles. The summed E-state index contributed by atoms with van der Waals surface area (Å²) in [6.45, 7) is 1.83. The quantitative estimate of drug-likeness (QED) is 0.526. The highest BCUT2D eigenvalue weighted by Gasteiger charge is 2.18. The van der Waals surface area contributed by atoms with Crippen molar-refractivity contribution in [3.05, 3.63) is 48.5 Å². The number of methoxy groups -OCH3 is 2. The van der Waals surface area contributed by atoms with Crippen LogP contribution in [0.5, 0.6) is 11.5 Å². The molecule has 146 valence electrons. The fourth-order valence-electron chi connectivity index (χ4n) is 2.29. The Morgan fingerprint density at radius 3 is 2.54 bits per heavy atom. The summed E-state index contributed by atoms with van der Waals surface area (Å²) < 4.78 is 11.1. The molecule has 0 unspecified atom stereocenters. The van der Waals surface area contributed by atoms with Crippen LogP contribution in [-0.2, 0) is 4.79 Å². The highest BCUT2D eigenvalue weighted by atomic mass is 32.2. The number of benzene rings is 2. The molecule has 0 fully saturated rings. The predicted molar refractivity (Wildman–Crippen MR) is 113 cm³/mol. The van der Waals surface area contributed by atoms with Gasteiger partial charge >= 0.3 is 0 Å². The Morgan fingerprint density at radius 2 is 1.82 bits per heavy atom. The molecule has 1 heterocycles. The third-order valence-electron chi connectivity index (χ3n) is 3.76. The van der Waals surface area contributed by atoms with Crippen molar-refractivity contribution in [1.29, 1.82) is 0 Å². The number of amides is 1. The first-order chi connectivity index (χ1) is 13.6. The number of carbonyl (C=O) groups is 1. The number of para-hydroxylation sites is 2. The van der Waals surface area contributed by atoms with E-state index in [1.165, 1.54) is 23.1 Å². The monoisotopic (exact) mass is 416 g/mol. The van der Waals surface area contributed by atoms with Crippen LogP contribution in [0.1, 0.15) is 6.92 Å². The van der Waals surface area contributed by atoms with E-state index in [0.29, 0.717) is 20.9 Å². The number of nitrogens with zero attached hydrogens (tertiary/aromatic N) is 2. The first-order valence-electron chi connectivity index (χ1n) is 8.44. The average molecular weight is 417 g/mol. The number of hydrogen-bond donors (Lipinski definition) is 2. The molecule has 0 saturated heterocycles. The van der Waals surface area contributed by atoms with Crippen molar-refractivity contribution in [2.45, 2.75) is 16.5 Å². The number of thioether (sulfide) groups is 1. The molecule has 3 rings (SSSR count). The van der Waals surface area contributed by atoms with Gasteiger partial charge in [-0.25, -0.2) is 0 Å². The molecule has 0 aliphatic carbocycles. The number of rotatable bonds is 8. The van der Waals surface area contributed by atoms with Crippen LogP contribution in [0.3, 0.4) is 0 Å². The fraction of sp³-hybridized carbons (Fsp3) is 0.211. The number of anilines is 3. The molecule has 3 aromatic rings. The molecule has 0 radical (unpaired) electrons. The molecule has 2 N–H and O–H groups in total. The van der Waals surface area contributed by atoms with E-state index in [4.69, 9.17) is 9.47 Å². The van der Waals surface area contributed by atoms with E-state index in [9.17, 15) is 4.79 Å². The van der Waals surface area contributed by atoms with E-state index in [1.54, 1.807) is 26.4 Å². The van der Waals surface area contributed by atoms with Crippen LogP contribution in [-0.4, -0.2) is 35.6 Å². The van der Waals surface area contributed by atoms with Crippen molar-refractivity contribution in [2.24, 2.45) is 0 Å². The zero-order valence-electron chi connectivity index (χ0n) is 15.6. The van der Waals surface area contributed by atoms with Crippen molar-refractivity contribution >= 4 is 45.5 Å². The van der Waals surface area contributed by atoms with Crippen molar-refractivity contribution < 1.29 is 14.3 Å². The molecule has 0 aliphatic rings. The Balaban J connectivity index is 1.58. The molecule has 2 aromatic carbocycles. The van der Waals surface area contributed by atoms with Crippen LogP contribution >= 0.6 is 23.1 Å². The minimum absolute atomic E-state index is 0.130. The van der Waals surface area contributed by atoms with Crippen LogP contribution < -0.4 is 20.1 Å². The topological polar surface area (TPSA) is 85.4 Å². The van der Waals surface area contributed by atoms with E-state index in [1.807, 2.05) is 43.3 Å². The minimum atomic E-state index is -0.341. The zero-order chi connectivity index (χ0) is 19.9. The first kappa shape index (κ1) is 20.0. The molecule has 1 amide bonds. The molecule has 0 bridgehead atoms. The summed E-state index contributed by atoms with van der Waals surface area (Å²) in [7, 11) is 3.20. The highest BCUT2D eigenvalue weighted by Crippen LogP contribution is 2.32. The lowest BCUT2D eigenvalue weighted by atomic mass is 10.3. The molecule has 7 nitrogen and oxygen atoms in total. The van der Waals surface area contributed by atoms with Gasteiger partial charge in [0.1, 0.15) is 11.5 Å². The fourth-order valence-corrected chi connectivity index (χ4v) is 4.21. The molecule has 9 heteroatoms. The van der Waals surface area contributed by atoms with Gasteiger partial charge in [-0.3, -0.25) is 4.79 Å². The lowest BCUT2D eigenvalue weighted by molar-refractivity contribution is -0.115. The minimum Gasteiger partial charge on any atom is -0.497 e. The van der Waals surface area contributed by atoms with E-state index < -0.39 is 0 Å². The Bertz CT molecular complexity index is 931. The summed E-state index contributed by atoms with van der Waals surface area (Å²) in [4.78, 5) is 12.5. The van der Waals surface area contributed by atoms with E-state index in [0.717, 1.165) is 11.4 Å². The number of carbonyl (C=O) groups excluding carboxylic acids is 1. The SMILES string of the molecule is COc1ccc(Nc2nnc(S[C@H](C)C(=O)Nc3ccccc3OC)s2)cc1. The van der Waals surface area contributed by atoms with Crippen LogP contribution in [0, 0.1) is 0 Å². The van der Waals surface area contributed by atoms with Crippen LogP contribution in [0.2, 0.25) is 0 Å². The second-order valence-electron chi connectivity index (χ2n) is 5.68.